The highest BCUT2D eigenvalue weighted by Gasteiger charge is 2.32. The van der Waals surface area contributed by atoms with Gasteiger partial charge in [-0.3, -0.25) is 14.4 Å². The molecule has 170 valence electrons. The summed E-state index contributed by atoms with van der Waals surface area (Å²) in [7, 11) is 0. The van der Waals surface area contributed by atoms with Crippen molar-refractivity contribution in [3.63, 3.8) is 0 Å². The van der Waals surface area contributed by atoms with Crippen LogP contribution < -0.4 is 5.32 Å². The minimum Gasteiger partial charge on any atom is -0.338 e. The predicted molar refractivity (Wildman–Crippen MR) is 117 cm³/mol. The fraction of sp³-hybridized carbons (Fsp3) is 0.348. The van der Waals surface area contributed by atoms with Gasteiger partial charge < -0.3 is 15.1 Å². The van der Waals surface area contributed by atoms with Crippen molar-refractivity contribution in [1.82, 2.24) is 9.80 Å². The summed E-state index contributed by atoms with van der Waals surface area (Å²) in [5, 5.41) is 2.72. The Kier molecular flexibility index (Phi) is 7.80. The van der Waals surface area contributed by atoms with E-state index in [9.17, 15) is 23.2 Å². The van der Waals surface area contributed by atoms with Gasteiger partial charge in [-0.1, -0.05) is 17.7 Å². The number of halogens is 3. The number of para-hydroxylation sites is 1. The van der Waals surface area contributed by atoms with Gasteiger partial charge in [-0.05, 0) is 56.2 Å². The number of carbonyl (C=O) groups excluding carboxylic acids is 3. The van der Waals surface area contributed by atoms with E-state index in [1.165, 1.54) is 11.0 Å². The molecule has 0 unspecified atom stereocenters. The highest BCUT2D eigenvalue weighted by molar-refractivity contribution is 6.30. The van der Waals surface area contributed by atoms with Crippen molar-refractivity contribution < 1.29 is 23.2 Å². The fourth-order valence-electron chi connectivity index (χ4n) is 3.71. The zero-order chi connectivity index (χ0) is 23.3. The quantitative estimate of drug-likeness (QED) is 0.705. The molecule has 0 bridgehead atoms. The van der Waals surface area contributed by atoms with Crippen molar-refractivity contribution in [1.29, 1.82) is 0 Å². The summed E-state index contributed by atoms with van der Waals surface area (Å²) in [5.74, 6) is -3.40. The zero-order valence-electron chi connectivity index (χ0n) is 17.6. The Hall–Kier alpha value is -3.00. The molecule has 1 N–H and O–H groups in total. The van der Waals surface area contributed by atoms with Gasteiger partial charge >= 0.3 is 0 Å². The second-order valence-corrected chi connectivity index (χ2v) is 8.03. The Bertz CT molecular complexity index is 980. The van der Waals surface area contributed by atoms with Crippen LogP contribution in [0.25, 0.3) is 0 Å². The van der Waals surface area contributed by atoms with Crippen LogP contribution in [0, 0.1) is 17.6 Å². The van der Waals surface area contributed by atoms with Gasteiger partial charge in [0.15, 0.2) is 0 Å². The van der Waals surface area contributed by atoms with Gasteiger partial charge in [0.2, 0.25) is 11.8 Å². The highest BCUT2D eigenvalue weighted by Crippen LogP contribution is 2.22. The van der Waals surface area contributed by atoms with E-state index < -0.39 is 29.1 Å². The van der Waals surface area contributed by atoms with Crippen LogP contribution in [0.5, 0.6) is 0 Å². The largest absolute Gasteiger partial charge is 0.338 e. The lowest BCUT2D eigenvalue weighted by atomic mass is 9.95. The Morgan fingerprint density at radius 2 is 1.78 bits per heavy atom. The maximum Gasteiger partial charge on any atom is 0.253 e. The lowest BCUT2D eigenvalue weighted by Crippen LogP contribution is -2.48. The molecule has 2 aromatic carbocycles. The standard InChI is InChI=1S/C23H24ClF2N3O3/c1-2-28(14-20(30)27-21-18(25)6-3-7-19(21)26)23(32)16-5-4-12-29(13-16)22(31)15-8-10-17(24)11-9-15/h3,6-11,16H,2,4-5,12-14H2,1H3,(H,27,30)/t16-/m1/s1. The lowest BCUT2D eigenvalue weighted by molar-refractivity contribution is -0.139. The normalized spacial score (nSPS) is 15.9. The van der Waals surface area contributed by atoms with Crippen molar-refractivity contribution in [2.24, 2.45) is 5.92 Å². The first-order chi connectivity index (χ1) is 15.3. The molecular weight excluding hydrogens is 440 g/mol. The number of anilines is 1. The number of hydrogen-bond acceptors (Lipinski definition) is 3. The van der Waals surface area contributed by atoms with Gasteiger partial charge in [-0.2, -0.15) is 0 Å². The van der Waals surface area contributed by atoms with Gasteiger partial charge in [0.05, 0.1) is 12.5 Å². The number of nitrogens with zero attached hydrogens (tertiary/aromatic N) is 2. The Balaban J connectivity index is 1.63. The van der Waals surface area contributed by atoms with E-state index in [1.54, 1.807) is 36.1 Å². The summed E-state index contributed by atoms with van der Waals surface area (Å²) >= 11 is 5.88. The molecule has 32 heavy (non-hydrogen) atoms. The number of likely N-dealkylation sites (tertiary alicyclic amines) is 1. The molecule has 2 aromatic rings. The number of rotatable bonds is 6. The third kappa shape index (κ3) is 5.62. The number of benzene rings is 2. The number of amides is 3. The minimum atomic E-state index is -0.892. The monoisotopic (exact) mass is 463 g/mol. The van der Waals surface area contributed by atoms with E-state index in [2.05, 4.69) is 5.32 Å². The molecule has 0 saturated carbocycles. The zero-order valence-corrected chi connectivity index (χ0v) is 18.4. The summed E-state index contributed by atoms with van der Waals surface area (Å²) in [4.78, 5) is 41.1. The molecule has 0 aromatic heterocycles. The average Bonchev–Trinajstić information content (AvgIpc) is 2.79. The molecule has 0 radical (unpaired) electrons. The van der Waals surface area contributed by atoms with Crippen LogP contribution in [0.15, 0.2) is 42.5 Å². The first-order valence-corrected chi connectivity index (χ1v) is 10.8. The number of likely N-dealkylation sites (N-methyl/N-ethyl adjacent to an activating group) is 1. The van der Waals surface area contributed by atoms with Crippen LogP contribution in [0.2, 0.25) is 5.02 Å². The summed E-state index contributed by atoms with van der Waals surface area (Å²) in [5.41, 5.74) is -0.0560. The van der Waals surface area contributed by atoms with Gasteiger partial charge in [0, 0.05) is 30.2 Å². The van der Waals surface area contributed by atoms with Crippen LogP contribution in [-0.4, -0.2) is 53.7 Å². The molecule has 3 amide bonds. The van der Waals surface area contributed by atoms with E-state index in [0.29, 0.717) is 30.0 Å². The summed E-state index contributed by atoms with van der Waals surface area (Å²) in [6, 6.07) is 9.82. The van der Waals surface area contributed by atoms with E-state index in [1.807, 2.05) is 0 Å². The molecule has 3 rings (SSSR count). The molecule has 6 nitrogen and oxygen atoms in total. The number of carbonyl (C=O) groups is 3. The Morgan fingerprint density at radius 1 is 1.12 bits per heavy atom. The molecule has 1 aliphatic heterocycles. The highest BCUT2D eigenvalue weighted by atomic mass is 35.5. The van der Waals surface area contributed by atoms with Crippen molar-refractivity contribution in [2.45, 2.75) is 19.8 Å². The molecule has 0 spiro atoms. The van der Waals surface area contributed by atoms with Gasteiger partial charge in [-0.15, -0.1) is 0 Å². The second kappa shape index (κ2) is 10.5. The van der Waals surface area contributed by atoms with E-state index in [-0.39, 0.29) is 31.4 Å². The van der Waals surface area contributed by atoms with Crippen LogP contribution in [0.4, 0.5) is 14.5 Å². The van der Waals surface area contributed by atoms with Gasteiger partial charge in [0.25, 0.3) is 5.91 Å². The molecule has 1 atom stereocenters. The number of hydrogen-bond donors (Lipinski definition) is 1. The van der Waals surface area contributed by atoms with E-state index in [4.69, 9.17) is 11.6 Å². The van der Waals surface area contributed by atoms with Crippen LogP contribution >= 0.6 is 11.6 Å². The van der Waals surface area contributed by atoms with Crippen molar-refractivity contribution >= 4 is 35.0 Å². The third-order valence-corrected chi connectivity index (χ3v) is 5.66. The van der Waals surface area contributed by atoms with E-state index >= 15 is 0 Å². The molecular formula is C23H24ClF2N3O3. The second-order valence-electron chi connectivity index (χ2n) is 7.59. The molecule has 1 heterocycles. The van der Waals surface area contributed by atoms with Gasteiger partial charge in [-0.25, -0.2) is 8.78 Å². The van der Waals surface area contributed by atoms with Crippen LogP contribution in [-0.2, 0) is 9.59 Å². The Morgan fingerprint density at radius 3 is 2.41 bits per heavy atom. The van der Waals surface area contributed by atoms with Crippen molar-refractivity contribution in [2.75, 3.05) is 31.5 Å². The maximum absolute atomic E-state index is 13.8. The number of nitrogens with one attached hydrogen (secondary N) is 1. The van der Waals surface area contributed by atoms with Crippen molar-refractivity contribution in [3.05, 3.63) is 64.7 Å². The molecule has 1 saturated heterocycles. The first-order valence-electron chi connectivity index (χ1n) is 10.4. The summed E-state index contributed by atoms with van der Waals surface area (Å²) in [6.07, 6.45) is 1.24. The average molecular weight is 464 g/mol. The molecule has 0 aliphatic carbocycles. The first kappa shape index (κ1) is 23.7. The van der Waals surface area contributed by atoms with Crippen molar-refractivity contribution in [3.8, 4) is 0 Å². The minimum absolute atomic E-state index is 0.185. The van der Waals surface area contributed by atoms with Crippen LogP contribution in [0.1, 0.15) is 30.1 Å². The summed E-state index contributed by atoms with van der Waals surface area (Å²) < 4.78 is 27.6. The fourth-order valence-corrected chi connectivity index (χ4v) is 3.84. The SMILES string of the molecule is CCN(CC(=O)Nc1c(F)cccc1F)C(=O)[C@@H]1CCCN(C(=O)c2ccc(Cl)cc2)C1. The third-order valence-electron chi connectivity index (χ3n) is 5.40. The molecule has 9 heteroatoms. The topological polar surface area (TPSA) is 69.7 Å². The van der Waals surface area contributed by atoms with Gasteiger partial charge in [0.1, 0.15) is 17.3 Å². The number of piperidine rings is 1. The smallest absolute Gasteiger partial charge is 0.253 e. The lowest BCUT2D eigenvalue weighted by Gasteiger charge is -2.34. The van der Waals surface area contributed by atoms with E-state index in [0.717, 1.165) is 12.1 Å². The summed E-state index contributed by atoms with van der Waals surface area (Å²) in [6.45, 7) is 2.39. The predicted octanol–water partition coefficient (Wildman–Crippen LogP) is 3.96. The molecule has 1 fully saturated rings. The maximum atomic E-state index is 13.8. The Labute approximate surface area is 190 Å². The molecule has 1 aliphatic rings. The van der Waals surface area contributed by atoms with Crippen LogP contribution in [0.3, 0.4) is 0 Å².